The van der Waals surface area contributed by atoms with Crippen molar-refractivity contribution in [2.24, 2.45) is 0 Å². The van der Waals surface area contributed by atoms with Gasteiger partial charge in [-0.2, -0.15) is 0 Å². The van der Waals surface area contributed by atoms with Crippen molar-refractivity contribution >= 4 is 16.8 Å². The molecule has 1 amide bonds. The molecule has 0 saturated carbocycles. The molecule has 2 aromatic heterocycles. The summed E-state index contributed by atoms with van der Waals surface area (Å²) < 4.78 is 10.6. The zero-order chi connectivity index (χ0) is 19.9. The largest absolute Gasteiger partial charge is 0.475 e. The molecule has 1 N–H and O–H groups in total. The third-order valence-electron chi connectivity index (χ3n) is 4.39. The summed E-state index contributed by atoms with van der Waals surface area (Å²) >= 11 is 0. The first-order chi connectivity index (χ1) is 13.6. The van der Waals surface area contributed by atoms with E-state index in [4.69, 9.17) is 9.47 Å². The van der Waals surface area contributed by atoms with Crippen LogP contribution in [0.1, 0.15) is 41.4 Å². The molecule has 0 bridgehead atoms. The Morgan fingerprint density at radius 2 is 1.96 bits per heavy atom. The van der Waals surface area contributed by atoms with E-state index in [2.05, 4.69) is 29.1 Å². The van der Waals surface area contributed by atoms with Crippen LogP contribution in [0.25, 0.3) is 10.9 Å². The van der Waals surface area contributed by atoms with Gasteiger partial charge in [-0.15, -0.1) is 0 Å². The number of para-hydroxylation sites is 1. The number of benzene rings is 1. The summed E-state index contributed by atoms with van der Waals surface area (Å²) in [4.78, 5) is 21.9. The molecule has 3 rings (SSSR count). The van der Waals surface area contributed by atoms with Crippen LogP contribution >= 0.6 is 0 Å². The van der Waals surface area contributed by atoms with Crippen LogP contribution in [0, 0.1) is 0 Å². The highest BCUT2D eigenvalue weighted by molar-refractivity contribution is 6.06. The van der Waals surface area contributed by atoms with Crippen molar-refractivity contribution in [1.29, 1.82) is 0 Å². The number of methoxy groups -OCH3 is 1. The van der Waals surface area contributed by atoms with Crippen molar-refractivity contribution < 1.29 is 14.3 Å². The van der Waals surface area contributed by atoms with E-state index in [-0.39, 0.29) is 11.8 Å². The molecule has 28 heavy (non-hydrogen) atoms. The summed E-state index contributed by atoms with van der Waals surface area (Å²) in [7, 11) is 1.62. The summed E-state index contributed by atoms with van der Waals surface area (Å²) in [5, 5.41) is 3.83. The number of nitrogens with one attached hydrogen (secondary N) is 1. The number of amides is 1. The first-order valence-electron chi connectivity index (χ1n) is 9.33. The number of pyridine rings is 2. The number of nitrogens with zero attached hydrogens (tertiary/aromatic N) is 2. The van der Waals surface area contributed by atoms with Gasteiger partial charge in [0.2, 0.25) is 5.88 Å². The Labute approximate surface area is 164 Å². The molecule has 0 aliphatic heterocycles. The summed E-state index contributed by atoms with van der Waals surface area (Å²) in [6.07, 6.45) is 1.67. The van der Waals surface area contributed by atoms with Gasteiger partial charge in [-0.1, -0.05) is 38.1 Å². The molecule has 6 heteroatoms. The van der Waals surface area contributed by atoms with E-state index in [9.17, 15) is 4.79 Å². The van der Waals surface area contributed by atoms with Crippen LogP contribution < -0.4 is 10.1 Å². The van der Waals surface area contributed by atoms with Crippen molar-refractivity contribution in [2.45, 2.75) is 26.3 Å². The van der Waals surface area contributed by atoms with Crippen LogP contribution in [0.4, 0.5) is 0 Å². The Balaban J connectivity index is 1.81. The van der Waals surface area contributed by atoms with Crippen molar-refractivity contribution in [3.63, 3.8) is 0 Å². The number of carbonyl (C=O) groups is 1. The maximum atomic E-state index is 13.0. The summed E-state index contributed by atoms with van der Waals surface area (Å²) in [5.74, 6) is 0.588. The fourth-order valence-electron chi connectivity index (χ4n) is 2.86. The minimum absolute atomic E-state index is 0.146. The highest BCUT2D eigenvalue weighted by Crippen LogP contribution is 2.23. The maximum Gasteiger partial charge on any atom is 0.252 e. The molecule has 0 aliphatic carbocycles. The van der Waals surface area contributed by atoms with Crippen LogP contribution in [-0.4, -0.2) is 36.2 Å². The third kappa shape index (κ3) is 4.64. The fourth-order valence-corrected chi connectivity index (χ4v) is 2.86. The predicted octanol–water partition coefficient (Wildman–Crippen LogP) is 3.71. The number of aromatic nitrogens is 2. The van der Waals surface area contributed by atoms with Crippen LogP contribution in [0.15, 0.2) is 48.7 Å². The number of ether oxygens (including phenoxy) is 2. The van der Waals surface area contributed by atoms with Gasteiger partial charge in [0.1, 0.15) is 6.61 Å². The van der Waals surface area contributed by atoms with Crippen molar-refractivity contribution in [3.8, 4) is 5.88 Å². The third-order valence-corrected chi connectivity index (χ3v) is 4.39. The first-order valence-corrected chi connectivity index (χ1v) is 9.33. The standard InChI is InChI=1S/C22H25N3O3/c1-15(2)20-13-18(17-8-4-5-9-19(17)25-20)21(26)24-14-16-7-6-10-23-22(16)28-12-11-27-3/h4-10,13,15H,11-12,14H2,1-3H3,(H,24,26). The Morgan fingerprint density at radius 1 is 1.14 bits per heavy atom. The lowest BCUT2D eigenvalue weighted by atomic mass is 10.0. The molecular formula is C22H25N3O3. The molecular weight excluding hydrogens is 354 g/mol. The van der Waals surface area contributed by atoms with Crippen LogP contribution in [0.3, 0.4) is 0 Å². The van der Waals surface area contributed by atoms with Gasteiger partial charge in [-0.3, -0.25) is 9.78 Å². The van der Waals surface area contributed by atoms with Crippen LogP contribution in [0.2, 0.25) is 0 Å². The van der Waals surface area contributed by atoms with E-state index < -0.39 is 0 Å². The van der Waals surface area contributed by atoms with E-state index in [1.54, 1.807) is 13.3 Å². The van der Waals surface area contributed by atoms with E-state index >= 15 is 0 Å². The Morgan fingerprint density at radius 3 is 2.75 bits per heavy atom. The number of hydrogen-bond acceptors (Lipinski definition) is 5. The lowest BCUT2D eigenvalue weighted by Crippen LogP contribution is -2.24. The average Bonchev–Trinajstić information content (AvgIpc) is 2.72. The molecule has 0 fully saturated rings. The number of fused-ring (bicyclic) bond motifs is 1. The highest BCUT2D eigenvalue weighted by atomic mass is 16.5. The van der Waals surface area contributed by atoms with Gasteiger partial charge in [-0.25, -0.2) is 4.98 Å². The van der Waals surface area contributed by atoms with Gasteiger partial charge in [0.05, 0.1) is 17.7 Å². The van der Waals surface area contributed by atoms with Gasteiger partial charge in [0, 0.05) is 36.5 Å². The van der Waals surface area contributed by atoms with E-state index in [1.165, 1.54) is 0 Å². The normalized spacial score (nSPS) is 11.0. The van der Waals surface area contributed by atoms with E-state index in [0.717, 1.165) is 22.2 Å². The minimum Gasteiger partial charge on any atom is -0.475 e. The predicted molar refractivity (Wildman–Crippen MR) is 109 cm³/mol. The number of hydrogen-bond donors (Lipinski definition) is 1. The number of carbonyl (C=O) groups excluding carboxylic acids is 1. The second-order valence-corrected chi connectivity index (χ2v) is 6.76. The molecule has 0 spiro atoms. The molecule has 3 aromatic rings. The fraction of sp³-hybridized carbons (Fsp3) is 0.318. The van der Waals surface area contributed by atoms with Gasteiger partial charge < -0.3 is 14.8 Å². The zero-order valence-corrected chi connectivity index (χ0v) is 16.4. The van der Waals surface area contributed by atoms with Crippen molar-refractivity contribution in [3.05, 3.63) is 65.5 Å². The smallest absolute Gasteiger partial charge is 0.252 e. The van der Waals surface area contributed by atoms with Crippen LogP contribution in [0.5, 0.6) is 5.88 Å². The Hall–Kier alpha value is -2.99. The second-order valence-electron chi connectivity index (χ2n) is 6.76. The Bertz CT molecular complexity index is 957. The van der Waals surface area contributed by atoms with Gasteiger partial charge in [0.15, 0.2) is 0 Å². The van der Waals surface area contributed by atoms with Crippen molar-refractivity contribution in [1.82, 2.24) is 15.3 Å². The van der Waals surface area contributed by atoms with Gasteiger partial charge in [-0.05, 0) is 24.1 Å². The minimum atomic E-state index is -0.146. The molecule has 0 saturated heterocycles. The first kappa shape index (κ1) is 19.8. The van der Waals surface area contributed by atoms with Gasteiger partial charge >= 0.3 is 0 Å². The van der Waals surface area contributed by atoms with Crippen LogP contribution in [-0.2, 0) is 11.3 Å². The highest BCUT2D eigenvalue weighted by Gasteiger charge is 2.15. The summed E-state index contributed by atoms with van der Waals surface area (Å²) in [5.41, 5.74) is 3.16. The molecule has 0 atom stereocenters. The Kier molecular flexibility index (Phi) is 6.55. The van der Waals surface area contributed by atoms with E-state index in [1.807, 2.05) is 42.5 Å². The summed E-state index contributed by atoms with van der Waals surface area (Å²) in [6.45, 7) is 5.34. The maximum absolute atomic E-state index is 13.0. The molecule has 146 valence electrons. The topological polar surface area (TPSA) is 73.3 Å². The molecule has 6 nitrogen and oxygen atoms in total. The SMILES string of the molecule is COCCOc1ncccc1CNC(=O)c1cc(C(C)C)nc2ccccc12. The lowest BCUT2D eigenvalue weighted by Gasteiger charge is -2.13. The van der Waals surface area contributed by atoms with Gasteiger partial charge in [0.25, 0.3) is 5.91 Å². The monoisotopic (exact) mass is 379 g/mol. The molecule has 0 aliphatic rings. The zero-order valence-electron chi connectivity index (χ0n) is 16.4. The molecule has 1 aromatic carbocycles. The molecule has 0 unspecified atom stereocenters. The average molecular weight is 379 g/mol. The number of rotatable bonds is 8. The lowest BCUT2D eigenvalue weighted by molar-refractivity contribution is 0.0951. The van der Waals surface area contributed by atoms with E-state index in [0.29, 0.717) is 31.2 Å². The van der Waals surface area contributed by atoms with Crippen molar-refractivity contribution in [2.75, 3.05) is 20.3 Å². The molecule has 2 heterocycles. The summed E-state index contributed by atoms with van der Waals surface area (Å²) in [6, 6.07) is 13.3. The second kappa shape index (κ2) is 9.28. The quantitative estimate of drug-likeness (QED) is 0.604. The molecule has 0 radical (unpaired) electrons.